The number of anilines is 3. The molecule has 0 unspecified atom stereocenters. The largest absolute Gasteiger partial charge is 0.310 e. The fourth-order valence-electron chi connectivity index (χ4n) is 9.44. The van der Waals surface area contributed by atoms with E-state index >= 15 is 0 Å². The zero-order chi connectivity index (χ0) is 41.1. The summed E-state index contributed by atoms with van der Waals surface area (Å²) >= 11 is 0. The molecule has 0 radical (unpaired) electrons. The standard InChI is InChI=1S/C56H39N5/c1-56(2)46-28-16-18-30-48(46)60(42-25-13-6-14-26-42)50-32-31-49-51(52(50)56)44-27-15-17-29-47(44)61(49)43-34-40(37-19-7-3-8-20-37)33-41(35-43)55-58-53(38-21-9-4-10-22-38)45(36-57)54(59-55)39-23-11-5-12-24-39/h3-35H,1-2H3. The van der Waals surface area contributed by atoms with E-state index in [1.807, 2.05) is 66.7 Å². The Morgan fingerprint density at radius 1 is 0.475 bits per heavy atom. The van der Waals surface area contributed by atoms with E-state index in [1.165, 1.54) is 33.3 Å². The highest BCUT2D eigenvalue weighted by molar-refractivity contribution is 6.14. The van der Waals surface area contributed by atoms with E-state index in [1.54, 1.807) is 0 Å². The van der Waals surface area contributed by atoms with Gasteiger partial charge in [0.2, 0.25) is 0 Å². The maximum Gasteiger partial charge on any atom is 0.160 e. The summed E-state index contributed by atoms with van der Waals surface area (Å²) in [6.45, 7) is 4.73. The minimum absolute atomic E-state index is 0.319. The second kappa shape index (κ2) is 14.3. The third-order valence-corrected chi connectivity index (χ3v) is 12.2. The molecular weight excluding hydrogens is 743 g/mol. The second-order valence-electron chi connectivity index (χ2n) is 16.1. The first-order chi connectivity index (χ1) is 30.0. The van der Waals surface area contributed by atoms with Crippen LogP contribution in [0, 0.1) is 11.3 Å². The Balaban J connectivity index is 1.21. The fourth-order valence-corrected chi connectivity index (χ4v) is 9.44. The molecule has 0 saturated carbocycles. The van der Waals surface area contributed by atoms with E-state index < -0.39 is 0 Å². The molecule has 10 aromatic rings. The second-order valence-corrected chi connectivity index (χ2v) is 16.1. The summed E-state index contributed by atoms with van der Waals surface area (Å²) in [6.07, 6.45) is 0. The van der Waals surface area contributed by atoms with Crippen LogP contribution in [-0.2, 0) is 5.41 Å². The maximum atomic E-state index is 10.7. The molecule has 1 aliphatic heterocycles. The molecule has 288 valence electrons. The lowest BCUT2D eigenvalue weighted by Crippen LogP contribution is -2.30. The lowest BCUT2D eigenvalue weighted by molar-refractivity contribution is 0.638. The van der Waals surface area contributed by atoms with Crippen molar-refractivity contribution >= 4 is 38.9 Å². The van der Waals surface area contributed by atoms with Crippen molar-refractivity contribution in [2.75, 3.05) is 4.90 Å². The Kier molecular flexibility index (Phi) is 8.47. The Labute approximate surface area is 355 Å². The van der Waals surface area contributed by atoms with Crippen LogP contribution in [0.25, 0.3) is 72.5 Å². The van der Waals surface area contributed by atoms with Crippen molar-refractivity contribution < 1.29 is 0 Å². The summed E-state index contributed by atoms with van der Waals surface area (Å²) in [7, 11) is 0. The van der Waals surface area contributed by atoms with Gasteiger partial charge < -0.3 is 9.47 Å². The van der Waals surface area contributed by atoms with E-state index in [9.17, 15) is 5.26 Å². The van der Waals surface area contributed by atoms with Crippen LogP contribution >= 0.6 is 0 Å². The Morgan fingerprint density at radius 2 is 1.03 bits per heavy atom. The Morgan fingerprint density at radius 3 is 1.69 bits per heavy atom. The molecule has 5 nitrogen and oxygen atoms in total. The quantitative estimate of drug-likeness (QED) is 0.169. The van der Waals surface area contributed by atoms with E-state index in [0.29, 0.717) is 22.8 Å². The molecule has 5 heteroatoms. The SMILES string of the molecule is CC1(C)c2ccccc2N(c2ccccc2)c2ccc3c(c21)c1ccccc1n3-c1cc(-c2ccccc2)cc(-c2nc(-c3ccccc3)c(C#N)c(-c3ccccc3)n2)c1. The van der Waals surface area contributed by atoms with Crippen LogP contribution in [-0.4, -0.2) is 14.5 Å². The van der Waals surface area contributed by atoms with E-state index in [0.717, 1.165) is 50.2 Å². The number of fused-ring (bicyclic) bond motifs is 6. The fraction of sp³-hybridized carbons (Fsp3) is 0.0536. The van der Waals surface area contributed by atoms with Crippen LogP contribution in [0.5, 0.6) is 0 Å². The normalized spacial score (nSPS) is 12.8. The lowest BCUT2D eigenvalue weighted by atomic mass is 9.72. The van der Waals surface area contributed by atoms with Crippen molar-refractivity contribution in [2.45, 2.75) is 19.3 Å². The van der Waals surface area contributed by atoms with Crippen molar-refractivity contribution in [3.8, 4) is 56.8 Å². The van der Waals surface area contributed by atoms with E-state index in [-0.39, 0.29) is 5.41 Å². The summed E-state index contributed by atoms with van der Waals surface area (Å²) in [5, 5.41) is 13.1. The Bertz CT molecular complexity index is 3270. The van der Waals surface area contributed by atoms with Crippen LogP contribution in [0.3, 0.4) is 0 Å². The average Bonchev–Trinajstić information content (AvgIpc) is 3.66. The molecule has 0 saturated heterocycles. The van der Waals surface area contributed by atoms with Gasteiger partial charge in [0.05, 0.1) is 33.8 Å². The van der Waals surface area contributed by atoms with Crippen LogP contribution in [0.4, 0.5) is 17.1 Å². The number of nitrogens with zero attached hydrogens (tertiary/aromatic N) is 5. The van der Waals surface area contributed by atoms with Gasteiger partial charge in [-0.1, -0.05) is 159 Å². The molecule has 61 heavy (non-hydrogen) atoms. The van der Waals surface area contributed by atoms with Crippen LogP contribution in [0.1, 0.15) is 30.5 Å². The third kappa shape index (κ3) is 5.84. The maximum absolute atomic E-state index is 10.7. The first kappa shape index (κ1) is 36.0. The topological polar surface area (TPSA) is 57.7 Å². The van der Waals surface area contributed by atoms with Gasteiger partial charge in [0.15, 0.2) is 5.82 Å². The van der Waals surface area contributed by atoms with Gasteiger partial charge in [-0.15, -0.1) is 0 Å². The molecular formula is C56H39N5. The predicted octanol–water partition coefficient (Wildman–Crippen LogP) is 14.2. The highest BCUT2D eigenvalue weighted by Gasteiger charge is 2.39. The van der Waals surface area contributed by atoms with Crippen molar-refractivity contribution in [1.82, 2.24) is 14.5 Å². The average molecular weight is 782 g/mol. The Hall–Kier alpha value is -8.07. The minimum atomic E-state index is -0.319. The monoisotopic (exact) mass is 781 g/mol. The molecule has 0 atom stereocenters. The first-order valence-electron chi connectivity index (χ1n) is 20.6. The number of hydrogen-bond donors (Lipinski definition) is 0. The zero-order valence-electron chi connectivity index (χ0n) is 33.8. The minimum Gasteiger partial charge on any atom is -0.310 e. The van der Waals surface area contributed by atoms with Gasteiger partial charge in [0.1, 0.15) is 11.6 Å². The summed E-state index contributed by atoms with van der Waals surface area (Å²) in [5.41, 5.74) is 15.3. The van der Waals surface area contributed by atoms with Crippen LogP contribution in [0.2, 0.25) is 0 Å². The molecule has 0 fully saturated rings. The van der Waals surface area contributed by atoms with Gasteiger partial charge in [-0.05, 0) is 76.9 Å². The summed E-state index contributed by atoms with van der Waals surface area (Å²) in [4.78, 5) is 12.9. The van der Waals surface area contributed by atoms with Crippen LogP contribution in [0.15, 0.2) is 200 Å². The van der Waals surface area contributed by atoms with Gasteiger partial charge in [-0.2, -0.15) is 5.26 Å². The number of rotatable bonds is 6. The number of aromatic nitrogens is 3. The number of nitriles is 1. The van der Waals surface area contributed by atoms with Gasteiger partial charge in [0.25, 0.3) is 0 Å². The first-order valence-corrected chi connectivity index (χ1v) is 20.6. The number of para-hydroxylation sites is 3. The van der Waals surface area contributed by atoms with Gasteiger partial charge >= 0.3 is 0 Å². The smallest absolute Gasteiger partial charge is 0.160 e. The molecule has 2 aromatic heterocycles. The van der Waals surface area contributed by atoms with Crippen LogP contribution < -0.4 is 4.90 Å². The molecule has 0 bridgehead atoms. The molecule has 0 N–H and O–H groups in total. The molecule has 3 heterocycles. The van der Waals surface area contributed by atoms with Gasteiger partial charge in [-0.3, -0.25) is 0 Å². The molecule has 1 aliphatic rings. The number of benzene rings is 8. The molecule has 0 aliphatic carbocycles. The predicted molar refractivity (Wildman–Crippen MR) is 250 cm³/mol. The molecule has 0 amide bonds. The lowest BCUT2D eigenvalue weighted by Gasteiger charge is -2.42. The van der Waals surface area contributed by atoms with Crippen molar-refractivity contribution in [2.24, 2.45) is 0 Å². The van der Waals surface area contributed by atoms with Gasteiger partial charge in [0, 0.05) is 44.3 Å². The van der Waals surface area contributed by atoms with Crippen molar-refractivity contribution in [1.29, 1.82) is 5.26 Å². The highest BCUT2D eigenvalue weighted by atomic mass is 15.2. The highest BCUT2D eigenvalue weighted by Crippen LogP contribution is 2.55. The summed E-state index contributed by atoms with van der Waals surface area (Å²) in [6, 6.07) is 72.4. The van der Waals surface area contributed by atoms with Crippen molar-refractivity contribution in [3.05, 3.63) is 217 Å². The number of hydrogen-bond acceptors (Lipinski definition) is 4. The summed E-state index contributed by atoms with van der Waals surface area (Å²) < 4.78 is 2.41. The third-order valence-electron chi connectivity index (χ3n) is 12.2. The summed E-state index contributed by atoms with van der Waals surface area (Å²) in [5.74, 6) is 0.546. The molecule has 8 aromatic carbocycles. The van der Waals surface area contributed by atoms with Crippen molar-refractivity contribution in [3.63, 3.8) is 0 Å². The van der Waals surface area contributed by atoms with Gasteiger partial charge in [-0.25, -0.2) is 9.97 Å². The molecule has 11 rings (SSSR count). The zero-order valence-corrected chi connectivity index (χ0v) is 33.8. The van der Waals surface area contributed by atoms with E-state index in [4.69, 9.17) is 9.97 Å². The van der Waals surface area contributed by atoms with E-state index in [2.05, 4.69) is 163 Å². The molecule has 0 spiro atoms.